The van der Waals surface area contributed by atoms with Crippen molar-refractivity contribution in [2.45, 2.75) is 36.1 Å². The lowest BCUT2D eigenvalue weighted by atomic mass is 9.99. The Balaban J connectivity index is 1.75. The molecule has 0 radical (unpaired) electrons. The Hall–Kier alpha value is -2.80. The predicted molar refractivity (Wildman–Crippen MR) is 113 cm³/mol. The van der Waals surface area contributed by atoms with E-state index >= 15 is 0 Å². The molecule has 0 N–H and O–H groups in total. The van der Waals surface area contributed by atoms with Crippen LogP contribution in [0, 0.1) is 0 Å². The molecule has 0 spiro atoms. The third-order valence-electron chi connectivity index (χ3n) is 5.06. The van der Waals surface area contributed by atoms with Gasteiger partial charge in [-0.1, -0.05) is 18.2 Å². The van der Waals surface area contributed by atoms with Crippen molar-refractivity contribution in [3.63, 3.8) is 0 Å². The molecular weight excluding hydrogens is 386 g/mol. The van der Waals surface area contributed by atoms with E-state index in [1.165, 1.54) is 11.8 Å². The molecule has 0 aliphatic heterocycles. The van der Waals surface area contributed by atoms with E-state index in [1.807, 2.05) is 53.1 Å². The van der Waals surface area contributed by atoms with Crippen LogP contribution in [0.4, 0.5) is 0 Å². The summed E-state index contributed by atoms with van der Waals surface area (Å²) in [7, 11) is 3.29. The molecule has 0 bridgehead atoms. The lowest BCUT2D eigenvalue weighted by Crippen LogP contribution is -2.21. The summed E-state index contributed by atoms with van der Waals surface area (Å²) in [4.78, 5) is 12.4. The van der Waals surface area contributed by atoms with Gasteiger partial charge in [-0.2, -0.15) is 0 Å². The standard InChI is InChI=1S/C22H23N3O3S/c1-27-17-11-7-15(8-12-17)21-23-24-22(29-20-6-4-3-5-19(20)26)25(21)16-9-13-18(28-2)14-10-16/h7-14,20H,3-6H2,1-2H3/t20-/m1/s1. The van der Waals surface area contributed by atoms with Gasteiger partial charge in [0.15, 0.2) is 11.0 Å². The van der Waals surface area contributed by atoms with Crippen LogP contribution in [0.3, 0.4) is 0 Å². The number of nitrogens with zero attached hydrogens (tertiary/aromatic N) is 3. The summed E-state index contributed by atoms with van der Waals surface area (Å²) < 4.78 is 12.6. The number of methoxy groups -OCH3 is 2. The number of hydrogen-bond donors (Lipinski definition) is 0. The van der Waals surface area contributed by atoms with Gasteiger partial charge in [0.25, 0.3) is 0 Å². The minimum Gasteiger partial charge on any atom is -0.497 e. The molecule has 1 aromatic heterocycles. The second-order valence-corrected chi connectivity index (χ2v) is 8.06. The molecule has 29 heavy (non-hydrogen) atoms. The van der Waals surface area contributed by atoms with Crippen LogP contribution >= 0.6 is 11.8 Å². The fourth-order valence-electron chi connectivity index (χ4n) is 3.44. The van der Waals surface area contributed by atoms with E-state index in [-0.39, 0.29) is 5.25 Å². The summed E-state index contributed by atoms with van der Waals surface area (Å²) in [5, 5.41) is 9.57. The third kappa shape index (κ3) is 4.15. The number of carbonyl (C=O) groups excluding carboxylic acids is 1. The number of thioether (sulfide) groups is 1. The maximum atomic E-state index is 12.4. The van der Waals surface area contributed by atoms with Crippen molar-refractivity contribution in [3.8, 4) is 28.6 Å². The maximum Gasteiger partial charge on any atom is 0.196 e. The molecule has 0 amide bonds. The Morgan fingerprint density at radius 1 is 0.931 bits per heavy atom. The first-order valence-corrected chi connectivity index (χ1v) is 10.5. The Kier molecular flexibility index (Phi) is 5.85. The van der Waals surface area contributed by atoms with Crippen molar-refractivity contribution >= 4 is 17.5 Å². The van der Waals surface area contributed by atoms with Crippen LogP contribution in [0.5, 0.6) is 11.5 Å². The first-order chi connectivity index (χ1) is 14.2. The van der Waals surface area contributed by atoms with Crippen LogP contribution in [0.1, 0.15) is 25.7 Å². The van der Waals surface area contributed by atoms with E-state index in [0.717, 1.165) is 53.0 Å². The van der Waals surface area contributed by atoms with Gasteiger partial charge in [-0.15, -0.1) is 10.2 Å². The number of rotatable bonds is 6. The van der Waals surface area contributed by atoms with Crippen LogP contribution < -0.4 is 9.47 Å². The topological polar surface area (TPSA) is 66.2 Å². The molecule has 3 aromatic rings. The Bertz CT molecular complexity index is 984. The number of aromatic nitrogens is 3. The number of carbonyl (C=O) groups is 1. The van der Waals surface area contributed by atoms with Gasteiger partial charge in [0.1, 0.15) is 17.3 Å². The molecule has 0 saturated heterocycles. The van der Waals surface area contributed by atoms with Gasteiger partial charge in [-0.25, -0.2) is 0 Å². The van der Waals surface area contributed by atoms with Crippen LogP contribution in [0.15, 0.2) is 53.7 Å². The van der Waals surface area contributed by atoms with E-state index in [0.29, 0.717) is 12.2 Å². The highest BCUT2D eigenvalue weighted by Gasteiger charge is 2.27. The quantitative estimate of drug-likeness (QED) is 0.595. The summed E-state index contributed by atoms with van der Waals surface area (Å²) >= 11 is 1.51. The molecule has 1 aliphatic rings. The lowest BCUT2D eigenvalue weighted by Gasteiger charge is -2.20. The van der Waals surface area contributed by atoms with Crippen molar-refractivity contribution in [3.05, 3.63) is 48.5 Å². The smallest absolute Gasteiger partial charge is 0.196 e. The van der Waals surface area contributed by atoms with Crippen molar-refractivity contribution in [1.29, 1.82) is 0 Å². The zero-order valence-electron chi connectivity index (χ0n) is 16.5. The highest BCUT2D eigenvalue weighted by atomic mass is 32.2. The zero-order valence-corrected chi connectivity index (χ0v) is 17.3. The molecule has 0 unspecified atom stereocenters. The molecule has 7 heteroatoms. The van der Waals surface area contributed by atoms with E-state index in [2.05, 4.69) is 10.2 Å². The highest BCUT2D eigenvalue weighted by molar-refractivity contribution is 8.00. The lowest BCUT2D eigenvalue weighted by molar-refractivity contribution is -0.119. The van der Waals surface area contributed by atoms with Crippen molar-refractivity contribution < 1.29 is 14.3 Å². The monoisotopic (exact) mass is 409 g/mol. The van der Waals surface area contributed by atoms with Crippen molar-refractivity contribution in [2.75, 3.05) is 14.2 Å². The normalized spacial score (nSPS) is 16.6. The Labute approximate surface area is 174 Å². The largest absolute Gasteiger partial charge is 0.497 e. The van der Waals surface area contributed by atoms with Gasteiger partial charge in [0.2, 0.25) is 0 Å². The van der Waals surface area contributed by atoms with E-state index in [4.69, 9.17) is 9.47 Å². The number of hydrogen-bond acceptors (Lipinski definition) is 6. The second-order valence-electron chi connectivity index (χ2n) is 6.89. The van der Waals surface area contributed by atoms with Crippen LogP contribution in [0.25, 0.3) is 17.1 Å². The highest BCUT2D eigenvalue weighted by Crippen LogP contribution is 2.35. The predicted octanol–water partition coefficient (Wildman–Crippen LogP) is 4.56. The zero-order chi connectivity index (χ0) is 20.2. The number of ketones is 1. The second kappa shape index (κ2) is 8.69. The fourth-order valence-corrected chi connectivity index (χ4v) is 4.61. The molecule has 1 fully saturated rings. The minimum absolute atomic E-state index is 0.0614. The molecule has 4 rings (SSSR count). The van der Waals surface area contributed by atoms with Gasteiger partial charge < -0.3 is 9.47 Å². The first-order valence-electron chi connectivity index (χ1n) is 9.63. The summed E-state index contributed by atoms with van der Waals surface area (Å²) in [5.41, 5.74) is 1.85. The Morgan fingerprint density at radius 3 is 2.21 bits per heavy atom. The maximum absolute atomic E-state index is 12.4. The number of benzene rings is 2. The first kappa shape index (κ1) is 19.5. The van der Waals surface area contributed by atoms with Gasteiger partial charge in [-0.05, 0) is 61.4 Å². The van der Waals surface area contributed by atoms with Crippen molar-refractivity contribution in [2.24, 2.45) is 0 Å². The molecule has 2 aromatic carbocycles. The molecule has 1 heterocycles. The van der Waals surface area contributed by atoms with Gasteiger partial charge in [0.05, 0.1) is 19.5 Å². The summed E-state index contributed by atoms with van der Waals surface area (Å²) in [6.45, 7) is 0. The fraction of sp³-hybridized carbons (Fsp3) is 0.318. The third-order valence-corrected chi connectivity index (χ3v) is 6.32. The minimum atomic E-state index is -0.0614. The SMILES string of the molecule is COc1ccc(-c2nnc(S[C@@H]3CCCCC3=O)n2-c2ccc(OC)cc2)cc1. The van der Waals surface area contributed by atoms with Gasteiger partial charge >= 0.3 is 0 Å². The molecular formula is C22H23N3O3S. The Morgan fingerprint density at radius 2 is 1.59 bits per heavy atom. The summed E-state index contributed by atoms with van der Waals surface area (Å²) in [6.07, 6.45) is 3.60. The summed E-state index contributed by atoms with van der Waals surface area (Å²) in [6, 6.07) is 15.5. The number of Topliss-reactive ketones (excluding diaryl/α,β-unsaturated/α-hetero) is 1. The average Bonchev–Trinajstić information content (AvgIpc) is 3.19. The van der Waals surface area contributed by atoms with Gasteiger partial charge in [0, 0.05) is 17.7 Å². The van der Waals surface area contributed by atoms with Crippen LogP contribution in [-0.4, -0.2) is 40.0 Å². The molecule has 1 saturated carbocycles. The van der Waals surface area contributed by atoms with Crippen molar-refractivity contribution in [1.82, 2.24) is 14.8 Å². The van der Waals surface area contributed by atoms with Crippen LogP contribution in [0.2, 0.25) is 0 Å². The van der Waals surface area contributed by atoms with Crippen LogP contribution in [-0.2, 0) is 4.79 Å². The average molecular weight is 410 g/mol. The molecule has 150 valence electrons. The number of ether oxygens (including phenoxy) is 2. The van der Waals surface area contributed by atoms with E-state index < -0.39 is 0 Å². The molecule has 1 aliphatic carbocycles. The van der Waals surface area contributed by atoms with Gasteiger partial charge in [-0.3, -0.25) is 9.36 Å². The molecule has 1 atom stereocenters. The molecule has 6 nitrogen and oxygen atoms in total. The summed E-state index contributed by atoms with van der Waals surface area (Å²) in [5.74, 6) is 2.59. The van der Waals surface area contributed by atoms with E-state index in [9.17, 15) is 4.79 Å². The van der Waals surface area contributed by atoms with E-state index in [1.54, 1.807) is 14.2 Å².